The lowest BCUT2D eigenvalue weighted by Crippen LogP contribution is -2.45. The first kappa shape index (κ1) is 20.7. The first-order chi connectivity index (χ1) is 13.8. The van der Waals surface area contributed by atoms with E-state index >= 15 is 0 Å². The zero-order valence-corrected chi connectivity index (χ0v) is 15.6. The highest BCUT2D eigenvalue weighted by atomic mass is 19.4. The van der Waals surface area contributed by atoms with E-state index in [1.54, 1.807) is 17.0 Å². The van der Waals surface area contributed by atoms with Crippen LogP contribution in [0, 0.1) is 5.92 Å². The molecule has 0 aliphatic carbocycles. The molecule has 1 N–H and O–H groups in total. The second-order valence-electron chi connectivity index (χ2n) is 6.84. The quantitative estimate of drug-likeness (QED) is 0.818. The number of alkyl halides is 3. The van der Waals surface area contributed by atoms with Crippen LogP contribution in [0.1, 0.15) is 18.4 Å². The Morgan fingerprint density at radius 3 is 2.41 bits per heavy atom. The average molecular weight is 406 g/mol. The lowest BCUT2D eigenvalue weighted by Gasteiger charge is -2.32. The predicted octanol–water partition coefficient (Wildman–Crippen LogP) is 3.96. The number of para-hydroxylation sites is 1. The number of ether oxygens (including phenoxy) is 1. The van der Waals surface area contributed by atoms with Gasteiger partial charge in [-0.3, -0.25) is 9.59 Å². The highest BCUT2D eigenvalue weighted by Gasteiger charge is 2.30. The van der Waals surface area contributed by atoms with Gasteiger partial charge in [0, 0.05) is 18.8 Å². The maximum atomic E-state index is 12.6. The number of nitrogens with one attached hydrogen (secondary N) is 1. The summed E-state index contributed by atoms with van der Waals surface area (Å²) in [6.07, 6.45) is -3.04. The van der Waals surface area contributed by atoms with E-state index in [1.807, 2.05) is 18.2 Å². The summed E-state index contributed by atoms with van der Waals surface area (Å²) in [6, 6.07) is 13.3. The third-order valence-corrected chi connectivity index (χ3v) is 4.73. The highest BCUT2D eigenvalue weighted by Crippen LogP contribution is 2.30. The van der Waals surface area contributed by atoms with Crippen molar-refractivity contribution < 1.29 is 27.5 Å². The Morgan fingerprint density at radius 1 is 1.07 bits per heavy atom. The number of carbonyl (C=O) groups is 2. The van der Waals surface area contributed by atoms with Gasteiger partial charge in [0.2, 0.25) is 5.91 Å². The van der Waals surface area contributed by atoms with E-state index in [9.17, 15) is 22.8 Å². The Kier molecular flexibility index (Phi) is 6.41. The number of rotatable bonds is 5. The van der Waals surface area contributed by atoms with Crippen molar-refractivity contribution in [2.75, 3.05) is 25.0 Å². The van der Waals surface area contributed by atoms with E-state index in [0.717, 1.165) is 12.1 Å². The van der Waals surface area contributed by atoms with E-state index in [1.165, 1.54) is 12.1 Å². The van der Waals surface area contributed by atoms with Gasteiger partial charge in [-0.1, -0.05) is 18.2 Å². The van der Waals surface area contributed by atoms with E-state index in [2.05, 4.69) is 5.32 Å². The number of piperidine rings is 1. The number of likely N-dealkylation sites (tertiary alicyclic amines) is 1. The number of nitrogens with zero attached hydrogens (tertiary/aromatic N) is 1. The molecule has 2 aromatic rings. The van der Waals surface area contributed by atoms with Gasteiger partial charge in [0.05, 0.1) is 11.5 Å². The molecule has 1 fully saturated rings. The molecule has 1 heterocycles. The van der Waals surface area contributed by atoms with Crippen LogP contribution in [0.2, 0.25) is 0 Å². The average Bonchev–Trinajstić information content (AvgIpc) is 2.72. The summed E-state index contributed by atoms with van der Waals surface area (Å²) in [6.45, 7) is 0.510. The van der Waals surface area contributed by atoms with E-state index < -0.39 is 11.7 Å². The zero-order chi connectivity index (χ0) is 20.9. The topological polar surface area (TPSA) is 58.6 Å². The van der Waals surface area contributed by atoms with Gasteiger partial charge in [0.1, 0.15) is 5.75 Å². The fraction of sp³-hybridized carbons (Fsp3) is 0.333. The van der Waals surface area contributed by atoms with E-state index in [-0.39, 0.29) is 36.6 Å². The SMILES string of the molecule is O=C(Nc1ccccc1)C1CCCN(C(=O)COc2ccc(C(F)(F)F)cc2)C1. The number of benzene rings is 2. The van der Waals surface area contributed by atoms with Crippen molar-refractivity contribution in [2.24, 2.45) is 5.92 Å². The maximum absolute atomic E-state index is 12.6. The molecule has 1 aliphatic rings. The number of hydrogen-bond donors (Lipinski definition) is 1. The molecule has 1 aliphatic heterocycles. The number of amides is 2. The third-order valence-electron chi connectivity index (χ3n) is 4.73. The van der Waals surface area contributed by atoms with Crippen molar-refractivity contribution in [1.29, 1.82) is 0 Å². The molecule has 1 unspecified atom stereocenters. The Labute approximate surface area is 166 Å². The molecule has 154 valence electrons. The Morgan fingerprint density at radius 2 is 1.76 bits per heavy atom. The summed E-state index contributed by atoms with van der Waals surface area (Å²) in [5, 5.41) is 2.85. The Balaban J connectivity index is 1.51. The lowest BCUT2D eigenvalue weighted by atomic mass is 9.97. The molecular formula is C21H21F3N2O3. The van der Waals surface area contributed by atoms with Gasteiger partial charge >= 0.3 is 6.18 Å². The zero-order valence-electron chi connectivity index (χ0n) is 15.6. The van der Waals surface area contributed by atoms with Crippen LogP contribution in [-0.4, -0.2) is 36.4 Å². The number of carbonyl (C=O) groups excluding carboxylic acids is 2. The van der Waals surface area contributed by atoms with Crippen LogP contribution in [0.4, 0.5) is 18.9 Å². The van der Waals surface area contributed by atoms with Crippen LogP contribution >= 0.6 is 0 Å². The molecule has 0 saturated carbocycles. The van der Waals surface area contributed by atoms with Crippen LogP contribution in [0.3, 0.4) is 0 Å². The second-order valence-corrected chi connectivity index (χ2v) is 6.84. The summed E-state index contributed by atoms with van der Waals surface area (Å²) in [5.41, 5.74) is -0.0777. The van der Waals surface area contributed by atoms with Crippen molar-refractivity contribution in [3.05, 3.63) is 60.2 Å². The largest absolute Gasteiger partial charge is 0.484 e. The fourth-order valence-corrected chi connectivity index (χ4v) is 3.16. The minimum Gasteiger partial charge on any atom is -0.484 e. The van der Waals surface area contributed by atoms with Gasteiger partial charge < -0.3 is 15.0 Å². The summed E-state index contributed by atoms with van der Waals surface area (Å²) >= 11 is 0. The normalized spacial score (nSPS) is 16.9. The van der Waals surface area contributed by atoms with Crippen LogP contribution in [0.15, 0.2) is 54.6 Å². The van der Waals surface area contributed by atoms with Crippen molar-refractivity contribution >= 4 is 17.5 Å². The molecule has 5 nitrogen and oxygen atoms in total. The fourth-order valence-electron chi connectivity index (χ4n) is 3.16. The van der Waals surface area contributed by atoms with Crippen LogP contribution < -0.4 is 10.1 Å². The summed E-state index contributed by atoms with van der Waals surface area (Å²) in [5.74, 6) is -0.583. The molecule has 2 amide bonds. The summed E-state index contributed by atoms with van der Waals surface area (Å²) in [7, 11) is 0. The van der Waals surface area contributed by atoms with Crippen LogP contribution in [0.25, 0.3) is 0 Å². The van der Waals surface area contributed by atoms with Gasteiger partial charge in [-0.25, -0.2) is 0 Å². The lowest BCUT2D eigenvalue weighted by molar-refractivity contribution is -0.138. The minimum atomic E-state index is -4.42. The molecule has 8 heteroatoms. The summed E-state index contributed by atoms with van der Waals surface area (Å²) in [4.78, 5) is 26.4. The minimum absolute atomic E-state index is 0.141. The van der Waals surface area contributed by atoms with E-state index in [0.29, 0.717) is 25.1 Å². The van der Waals surface area contributed by atoms with E-state index in [4.69, 9.17) is 4.74 Å². The first-order valence-electron chi connectivity index (χ1n) is 9.26. The second kappa shape index (κ2) is 8.98. The monoisotopic (exact) mass is 406 g/mol. The molecule has 0 bridgehead atoms. The van der Waals surface area contributed by atoms with Gasteiger partial charge in [-0.2, -0.15) is 13.2 Å². The number of anilines is 1. The number of halogens is 3. The summed E-state index contributed by atoms with van der Waals surface area (Å²) < 4.78 is 43.1. The van der Waals surface area contributed by atoms with Crippen molar-refractivity contribution in [3.8, 4) is 5.75 Å². The number of hydrogen-bond acceptors (Lipinski definition) is 3. The molecule has 0 spiro atoms. The van der Waals surface area contributed by atoms with Crippen molar-refractivity contribution in [1.82, 2.24) is 4.90 Å². The van der Waals surface area contributed by atoms with Gasteiger partial charge in [-0.05, 0) is 49.2 Å². The van der Waals surface area contributed by atoms with Gasteiger partial charge in [0.25, 0.3) is 5.91 Å². The molecule has 29 heavy (non-hydrogen) atoms. The molecule has 3 rings (SSSR count). The molecule has 0 radical (unpaired) electrons. The first-order valence-corrected chi connectivity index (χ1v) is 9.26. The predicted molar refractivity (Wildman–Crippen MR) is 101 cm³/mol. The molecule has 2 aromatic carbocycles. The van der Waals surface area contributed by atoms with Crippen molar-refractivity contribution in [3.63, 3.8) is 0 Å². The van der Waals surface area contributed by atoms with Crippen LogP contribution in [0.5, 0.6) is 5.75 Å². The Bertz CT molecular complexity index is 838. The molecule has 1 saturated heterocycles. The Hall–Kier alpha value is -3.03. The van der Waals surface area contributed by atoms with Crippen LogP contribution in [-0.2, 0) is 15.8 Å². The van der Waals surface area contributed by atoms with Crippen molar-refractivity contribution in [2.45, 2.75) is 19.0 Å². The van der Waals surface area contributed by atoms with Gasteiger partial charge in [0.15, 0.2) is 6.61 Å². The standard InChI is InChI=1S/C21H21F3N2O3/c22-21(23,24)16-8-10-18(11-9-16)29-14-19(27)26-12-4-5-15(13-26)20(28)25-17-6-2-1-3-7-17/h1-3,6-11,15H,4-5,12-14H2,(H,25,28). The smallest absolute Gasteiger partial charge is 0.416 e. The molecule has 0 aromatic heterocycles. The molecule has 1 atom stereocenters. The van der Waals surface area contributed by atoms with Gasteiger partial charge in [-0.15, -0.1) is 0 Å². The maximum Gasteiger partial charge on any atom is 0.416 e. The third kappa shape index (κ3) is 5.73. The highest BCUT2D eigenvalue weighted by molar-refractivity contribution is 5.93. The molecular weight excluding hydrogens is 385 g/mol.